The molecule has 1 aromatic rings. The maximum absolute atomic E-state index is 13.3. The van der Waals surface area contributed by atoms with Gasteiger partial charge in [0.25, 0.3) is 0 Å². The molecular weight excluding hydrogens is 319 g/mol. The van der Waals surface area contributed by atoms with Crippen molar-refractivity contribution < 1.29 is 4.39 Å². The van der Waals surface area contributed by atoms with E-state index in [1.165, 1.54) is 44.6 Å². The summed E-state index contributed by atoms with van der Waals surface area (Å²) in [4.78, 5) is 0. The Morgan fingerprint density at radius 3 is 2.45 bits per heavy atom. The molecule has 0 aliphatic carbocycles. The van der Waals surface area contributed by atoms with Gasteiger partial charge in [-0.05, 0) is 30.2 Å². The summed E-state index contributed by atoms with van der Waals surface area (Å²) in [5.74, 6) is 5.39. The number of benzene rings is 1. The minimum atomic E-state index is -0.219. The lowest BCUT2D eigenvalue weighted by molar-refractivity contribution is 0.472. The first kappa shape index (κ1) is 17.6. The Labute approximate surface area is 130 Å². The van der Waals surface area contributed by atoms with Crippen molar-refractivity contribution in [3.63, 3.8) is 0 Å². The van der Waals surface area contributed by atoms with Crippen LogP contribution in [0.25, 0.3) is 0 Å². The third-order valence-corrected chi connectivity index (χ3v) is 4.35. The van der Waals surface area contributed by atoms with Gasteiger partial charge >= 0.3 is 0 Å². The van der Waals surface area contributed by atoms with Crippen LogP contribution in [0.1, 0.15) is 69.9 Å². The van der Waals surface area contributed by atoms with Gasteiger partial charge in [0.05, 0.1) is 0 Å². The lowest BCUT2D eigenvalue weighted by Gasteiger charge is -2.18. The van der Waals surface area contributed by atoms with Crippen LogP contribution in [0.15, 0.2) is 22.7 Å². The number of hydrogen-bond donors (Lipinski definition) is 2. The van der Waals surface area contributed by atoms with Gasteiger partial charge in [0, 0.05) is 10.5 Å². The van der Waals surface area contributed by atoms with Crippen molar-refractivity contribution in [1.29, 1.82) is 0 Å². The highest BCUT2D eigenvalue weighted by molar-refractivity contribution is 9.10. The molecule has 4 heteroatoms. The fourth-order valence-corrected chi connectivity index (χ4v) is 2.94. The minimum absolute atomic E-state index is 0.00992. The molecule has 2 nitrogen and oxygen atoms in total. The van der Waals surface area contributed by atoms with Gasteiger partial charge in [-0.15, -0.1) is 0 Å². The lowest BCUT2D eigenvalue weighted by atomic mass is 10.00. The summed E-state index contributed by atoms with van der Waals surface area (Å²) in [5, 5.41) is 0. The van der Waals surface area contributed by atoms with Crippen LogP contribution in [-0.4, -0.2) is 0 Å². The minimum Gasteiger partial charge on any atom is -0.271 e. The molecule has 0 spiro atoms. The molecule has 1 rings (SSSR count). The van der Waals surface area contributed by atoms with Gasteiger partial charge in [-0.3, -0.25) is 11.3 Å². The number of unbranched alkanes of at least 4 members (excludes halogenated alkanes) is 6. The molecule has 0 aliphatic rings. The molecule has 0 bridgehead atoms. The monoisotopic (exact) mass is 344 g/mol. The second kappa shape index (κ2) is 10.3. The topological polar surface area (TPSA) is 38.0 Å². The van der Waals surface area contributed by atoms with Crippen LogP contribution in [-0.2, 0) is 0 Å². The molecule has 114 valence electrons. The Balaban J connectivity index is 2.34. The van der Waals surface area contributed by atoms with Crippen LogP contribution >= 0.6 is 15.9 Å². The number of rotatable bonds is 10. The van der Waals surface area contributed by atoms with Gasteiger partial charge in [-0.1, -0.05) is 67.8 Å². The van der Waals surface area contributed by atoms with E-state index in [1.54, 1.807) is 12.1 Å². The second-order valence-corrected chi connectivity index (χ2v) is 6.15. The average Bonchev–Trinajstić information content (AvgIpc) is 2.45. The first-order valence-corrected chi connectivity index (χ1v) is 8.39. The van der Waals surface area contributed by atoms with Gasteiger partial charge in [0.2, 0.25) is 0 Å². The van der Waals surface area contributed by atoms with Crippen molar-refractivity contribution in [3.05, 3.63) is 34.1 Å². The summed E-state index contributed by atoms with van der Waals surface area (Å²) in [6.45, 7) is 2.23. The van der Waals surface area contributed by atoms with E-state index in [1.807, 2.05) is 0 Å². The summed E-state index contributed by atoms with van der Waals surface area (Å²) in [7, 11) is 0. The Bertz CT molecular complexity index is 385. The van der Waals surface area contributed by atoms with Crippen LogP contribution in [0.3, 0.4) is 0 Å². The maximum Gasteiger partial charge on any atom is 0.123 e. The average molecular weight is 345 g/mol. The molecule has 0 amide bonds. The Morgan fingerprint density at radius 1 is 1.15 bits per heavy atom. The fraction of sp³-hybridized carbons (Fsp3) is 0.625. The summed E-state index contributed by atoms with van der Waals surface area (Å²) >= 11 is 3.46. The Morgan fingerprint density at radius 2 is 1.80 bits per heavy atom. The van der Waals surface area contributed by atoms with Gasteiger partial charge < -0.3 is 0 Å². The predicted molar refractivity (Wildman–Crippen MR) is 86.8 cm³/mol. The Kier molecular flexibility index (Phi) is 9.07. The molecule has 1 unspecified atom stereocenters. The molecular formula is C16H26BrFN2. The van der Waals surface area contributed by atoms with E-state index >= 15 is 0 Å². The third kappa shape index (κ3) is 6.33. The van der Waals surface area contributed by atoms with Crippen LogP contribution in [0.5, 0.6) is 0 Å². The quantitative estimate of drug-likeness (QED) is 0.346. The van der Waals surface area contributed by atoms with E-state index in [9.17, 15) is 4.39 Å². The maximum atomic E-state index is 13.3. The normalized spacial score (nSPS) is 12.6. The molecule has 0 saturated carbocycles. The van der Waals surface area contributed by atoms with E-state index in [-0.39, 0.29) is 11.9 Å². The van der Waals surface area contributed by atoms with Crippen LogP contribution in [0.2, 0.25) is 0 Å². The highest BCUT2D eigenvalue weighted by Gasteiger charge is 2.13. The van der Waals surface area contributed by atoms with Crippen molar-refractivity contribution in [2.45, 2.75) is 64.3 Å². The van der Waals surface area contributed by atoms with Crippen molar-refractivity contribution in [2.75, 3.05) is 0 Å². The summed E-state index contributed by atoms with van der Waals surface area (Å²) in [5.41, 5.74) is 3.70. The van der Waals surface area contributed by atoms with E-state index in [4.69, 9.17) is 5.84 Å². The van der Waals surface area contributed by atoms with Gasteiger partial charge in [-0.2, -0.15) is 0 Å². The second-order valence-electron chi connectivity index (χ2n) is 5.30. The van der Waals surface area contributed by atoms with E-state index < -0.39 is 0 Å². The van der Waals surface area contributed by atoms with Crippen molar-refractivity contribution in [1.82, 2.24) is 5.43 Å². The largest absolute Gasteiger partial charge is 0.271 e. The molecule has 20 heavy (non-hydrogen) atoms. The van der Waals surface area contributed by atoms with Gasteiger partial charge in [0.15, 0.2) is 0 Å². The molecule has 0 radical (unpaired) electrons. The standard InChI is InChI=1S/C16H26BrFN2/c1-2-3-4-5-6-7-8-9-16(20-19)14-12-13(18)10-11-15(14)17/h10-12,16,20H,2-9,19H2,1H3. The summed E-state index contributed by atoms with van der Waals surface area (Å²) in [6.07, 6.45) is 9.82. The van der Waals surface area contributed by atoms with Crippen molar-refractivity contribution in [2.24, 2.45) is 5.84 Å². The fourth-order valence-electron chi connectivity index (χ4n) is 2.42. The number of halogens is 2. The van der Waals surface area contributed by atoms with Crippen molar-refractivity contribution >= 4 is 15.9 Å². The first-order valence-electron chi connectivity index (χ1n) is 7.60. The van der Waals surface area contributed by atoms with Gasteiger partial charge in [-0.25, -0.2) is 4.39 Å². The highest BCUT2D eigenvalue weighted by Crippen LogP contribution is 2.27. The molecule has 0 aliphatic heterocycles. The van der Waals surface area contributed by atoms with Crippen LogP contribution in [0, 0.1) is 5.82 Å². The summed E-state index contributed by atoms with van der Waals surface area (Å²) < 4.78 is 14.2. The van der Waals surface area contributed by atoms with Crippen LogP contribution in [0.4, 0.5) is 4.39 Å². The Hall–Kier alpha value is -0.450. The van der Waals surface area contributed by atoms with Crippen molar-refractivity contribution in [3.8, 4) is 0 Å². The zero-order chi connectivity index (χ0) is 14.8. The van der Waals surface area contributed by atoms with E-state index in [0.29, 0.717) is 0 Å². The highest BCUT2D eigenvalue weighted by atomic mass is 79.9. The molecule has 0 saturated heterocycles. The molecule has 3 N–H and O–H groups in total. The zero-order valence-electron chi connectivity index (χ0n) is 12.3. The lowest BCUT2D eigenvalue weighted by Crippen LogP contribution is -2.28. The number of hydrazine groups is 1. The third-order valence-electron chi connectivity index (χ3n) is 3.63. The number of nitrogens with one attached hydrogen (secondary N) is 1. The van der Waals surface area contributed by atoms with E-state index in [2.05, 4.69) is 28.3 Å². The molecule has 1 aromatic carbocycles. The molecule has 0 aromatic heterocycles. The molecule has 0 fully saturated rings. The summed E-state index contributed by atoms with van der Waals surface area (Å²) in [6, 6.07) is 4.75. The predicted octanol–water partition coefficient (Wildman–Crippen LogP) is 5.23. The van der Waals surface area contributed by atoms with E-state index in [0.717, 1.165) is 22.9 Å². The van der Waals surface area contributed by atoms with Crippen LogP contribution < -0.4 is 11.3 Å². The SMILES string of the molecule is CCCCCCCCCC(NN)c1cc(F)ccc1Br. The molecule has 1 atom stereocenters. The molecule has 0 heterocycles. The number of hydrogen-bond acceptors (Lipinski definition) is 2. The van der Waals surface area contributed by atoms with Gasteiger partial charge in [0.1, 0.15) is 5.82 Å². The smallest absolute Gasteiger partial charge is 0.123 e. The number of nitrogens with two attached hydrogens (primary N) is 1. The first-order chi connectivity index (χ1) is 9.69. The zero-order valence-corrected chi connectivity index (χ0v) is 13.9.